The molecule has 1 fully saturated rings. The van der Waals surface area contributed by atoms with Crippen molar-refractivity contribution in [2.24, 2.45) is 0 Å². The standard InChI is InChI=1S/C17H19F3N4O3/c1-26-13-6-4-11(5-7-13)9-21-16(25)24-8-2-3-12(10-24)14-22-23-15(27-14)17(18,19)20/h4-7,12H,2-3,8-10H2,1H3,(H,21,25). The van der Waals surface area contributed by atoms with Crippen molar-refractivity contribution in [1.82, 2.24) is 20.4 Å². The fourth-order valence-electron chi connectivity index (χ4n) is 2.91. The minimum absolute atomic E-state index is 0.0880. The number of likely N-dealkylation sites (tertiary alicyclic amines) is 1. The fraction of sp³-hybridized carbons (Fsp3) is 0.471. The van der Waals surface area contributed by atoms with Gasteiger partial charge >= 0.3 is 18.1 Å². The number of benzene rings is 1. The van der Waals surface area contributed by atoms with Crippen LogP contribution in [0.1, 0.15) is 36.1 Å². The number of nitrogens with zero attached hydrogens (tertiary/aromatic N) is 3. The van der Waals surface area contributed by atoms with Crippen molar-refractivity contribution in [1.29, 1.82) is 0 Å². The van der Waals surface area contributed by atoms with Crippen LogP contribution in [0.4, 0.5) is 18.0 Å². The minimum atomic E-state index is -4.67. The number of carbonyl (C=O) groups excluding carboxylic acids is 1. The Morgan fingerprint density at radius 2 is 2.07 bits per heavy atom. The van der Waals surface area contributed by atoms with Gasteiger partial charge in [0.25, 0.3) is 0 Å². The molecule has 2 heterocycles. The van der Waals surface area contributed by atoms with Crippen LogP contribution in [0.3, 0.4) is 0 Å². The van der Waals surface area contributed by atoms with Gasteiger partial charge in [0.2, 0.25) is 5.89 Å². The van der Waals surface area contributed by atoms with Gasteiger partial charge in [-0.25, -0.2) is 4.79 Å². The summed E-state index contributed by atoms with van der Waals surface area (Å²) in [6.07, 6.45) is -3.44. The van der Waals surface area contributed by atoms with Crippen LogP contribution >= 0.6 is 0 Å². The van der Waals surface area contributed by atoms with Crippen LogP contribution < -0.4 is 10.1 Å². The molecule has 1 unspecified atom stereocenters. The van der Waals surface area contributed by atoms with E-state index in [9.17, 15) is 18.0 Å². The van der Waals surface area contributed by atoms with Crippen LogP contribution in [0.2, 0.25) is 0 Å². The smallest absolute Gasteiger partial charge is 0.470 e. The highest BCUT2D eigenvalue weighted by Crippen LogP contribution is 2.32. The zero-order valence-corrected chi connectivity index (χ0v) is 14.6. The Morgan fingerprint density at radius 1 is 1.33 bits per heavy atom. The number of hydrogen-bond acceptors (Lipinski definition) is 5. The number of amides is 2. The number of ether oxygens (including phenoxy) is 1. The van der Waals surface area contributed by atoms with Crippen LogP contribution in [0.25, 0.3) is 0 Å². The lowest BCUT2D eigenvalue weighted by Crippen LogP contribution is -2.44. The van der Waals surface area contributed by atoms with Gasteiger partial charge in [-0.05, 0) is 30.5 Å². The van der Waals surface area contributed by atoms with E-state index in [1.165, 1.54) is 0 Å². The van der Waals surface area contributed by atoms with Gasteiger partial charge in [-0.1, -0.05) is 12.1 Å². The average molecular weight is 384 g/mol. The molecule has 7 nitrogen and oxygen atoms in total. The van der Waals surface area contributed by atoms with Crippen molar-refractivity contribution in [3.8, 4) is 5.75 Å². The molecular weight excluding hydrogens is 365 g/mol. The Hall–Kier alpha value is -2.78. The van der Waals surface area contributed by atoms with Crippen molar-refractivity contribution in [2.75, 3.05) is 20.2 Å². The summed E-state index contributed by atoms with van der Waals surface area (Å²) in [7, 11) is 1.57. The molecule has 1 aliphatic heterocycles. The second-order valence-electron chi connectivity index (χ2n) is 6.24. The van der Waals surface area contributed by atoms with Gasteiger partial charge < -0.3 is 19.4 Å². The number of nitrogens with one attached hydrogen (secondary N) is 1. The summed E-state index contributed by atoms with van der Waals surface area (Å²) in [5.41, 5.74) is 0.907. The van der Waals surface area contributed by atoms with E-state index < -0.39 is 18.0 Å². The molecule has 10 heteroatoms. The summed E-state index contributed by atoms with van der Waals surface area (Å²) in [6.45, 7) is 1.09. The Bertz CT molecular complexity index is 776. The number of hydrogen-bond donors (Lipinski definition) is 1. The molecule has 0 aliphatic carbocycles. The van der Waals surface area contributed by atoms with Gasteiger partial charge in [0.1, 0.15) is 5.75 Å². The molecule has 2 amide bonds. The number of urea groups is 1. The maximum absolute atomic E-state index is 12.6. The molecule has 146 valence electrons. The number of rotatable bonds is 4. The maximum atomic E-state index is 12.6. The summed E-state index contributed by atoms with van der Waals surface area (Å²) in [5, 5.41) is 9.36. The van der Waals surface area contributed by atoms with Crippen molar-refractivity contribution >= 4 is 6.03 Å². The number of halogens is 3. The number of methoxy groups -OCH3 is 1. The molecule has 1 atom stereocenters. The first-order valence-corrected chi connectivity index (χ1v) is 8.43. The summed E-state index contributed by atoms with van der Waals surface area (Å²) in [5.74, 6) is -1.13. The third kappa shape index (κ3) is 4.69. The van der Waals surface area contributed by atoms with Gasteiger partial charge in [0.15, 0.2) is 0 Å². The van der Waals surface area contributed by atoms with Gasteiger partial charge in [-0.15, -0.1) is 10.2 Å². The van der Waals surface area contributed by atoms with E-state index in [0.717, 1.165) is 11.3 Å². The minimum Gasteiger partial charge on any atom is -0.497 e. The number of aromatic nitrogens is 2. The highest BCUT2D eigenvalue weighted by Gasteiger charge is 2.39. The van der Waals surface area contributed by atoms with E-state index >= 15 is 0 Å². The fourth-order valence-corrected chi connectivity index (χ4v) is 2.91. The molecule has 0 bridgehead atoms. The molecule has 1 N–H and O–H groups in total. The quantitative estimate of drug-likeness (QED) is 0.876. The van der Waals surface area contributed by atoms with Gasteiger partial charge in [-0.3, -0.25) is 0 Å². The first kappa shape index (κ1) is 19.0. The monoisotopic (exact) mass is 384 g/mol. The van der Waals surface area contributed by atoms with Crippen molar-refractivity contribution in [2.45, 2.75) is 31.5 Å². The van der Waals surface area contributed by atoms with E-state index in [1.807, 2.05) is 12.1 Å². The maximum Gasteiger partial charge on any atom is 0.470 e. The van der Waals surface area contributed by atoms with Crippen LogP contribution in [0.15, 0.2) is 28.7 Å². The van der Waals surface area contributed by atoms with E-state index in [0.29, 0.717) is 25.9 Å². The molecule has 1 aliphatic rings. The zero-order valence-electron chi connectivity index (χ0n) is 14.6. The molecule has 0 saturated carbocycles. The SMILES string of the molecule is COc1ccc(CNC(=O)N2CCCC(c3nnc(C(F)(F)F)o3)C2)cc1. The summed E-state index contributed by atoms with van der Waals surface area (Å²) in [6, 6.07) is 6.99. The van der Waals surface area contributed by atoms with Crippen molar-refractivity contribution in [3.05, 3.63) is 41.6 Å². The van der Waals surface area contributed by atoms with Crippen LogP contribution in [-0.4, -0.2) is 41.3 Å². The number of carbonyl (C=O) groups is 1. The lowest BCUT2D eigenvalue weighted by Gasteiger charge is -2.31. The predicted octanol–water partition coefficient (Wildman–Crippen LogP) is 3.19. The average Bonchev–Trinajstić information content (AvgIpc) is 3.17. The third-order valence-electron chi connectivity index (χ3n) is 4.34. The molecular formula is C17H19F3N4O3. The normalized spacial score (nSPS) is 17.6. The molecule has 1 aromatic heterocycles. The third-order valence-corrected chi connectivity index (χ3v) is 4.34. The summed E-state index contributed by atoms with van der Waals surface area (Å²) < 4.78 is 47.6. The second kappa shape index (κ2) is 7.85. The zero-order chi connectivity index (χ0) is 19.4. The molecule has 3 rings (SSSR count). The van der Waals surface area contributed by atoms with Crippen LogP contribution in [-0.2, 0) is 12.7 Å². The Labute approximate surface area is 153 Å². The predicted molar refractivity (Wildman–Crippen MR) is 88.1 cm³/mol. The highest BCUT2D eigenvalue weighted by atomic mass is 19.4. The summed E-state index contributed by atoms with van der Waals surface area (Å²) in [4.78, 5) is 13.9. The van der Waals surface area contributed by atoms with Gasteiger partial charge in [-0.2, -0.15) is 13.2 Å². The largest absolute Gasteiger partial charge is 0.497 e. The highest BCUT2D eigenvalue weighted by molar-refractivity contribution is 5.74. The molecule has 0 radical (unpaired) electrons. The number of piperidine rings is 1. The first-order chi connectivity index (χ1) is 12.9. The van der Waals surface area contributed by atoms with Crippen molar-refractivity contribution < 1.29 is 27.1 Å². The molecule has 0 spiro atoms. The van der Waals surface area contributed by atoms with Gasteiger partial charge in [0.05, 0.1) is 13.0 Å². The molecule has 27 heavy (non-hydrogen) atoms. The molecule has 1 saturated heterocycles. The van der Waals surface area contributed by atoms with Gasteiger partial charge in [0, 0.05) is 19.6 Å². The lowest BCUT2D eigenvalue weighted by atomic mass is 9.98. The van der Waals surface area contributed by atoms with E-state index in [4.69, 9.17) is 9.15 Å². The van der Waals surface area contributed by atoms with E-state index in [2.05, 4.69) is 15.5 Å². The van der Waals surface area contributed by atoms with Crippen LogP contribution in [0.5, 0.6) is 5.75 Å². The van der Waals surface area contributed by atoms with Crippen LogP contribution in [0, 0.1) is 0 Å². The van der Waals surface area contributed by atoms with E-state index in [1.54, 1.807) is 24.1 Å². The Kier molecular flexibility index (Phi) is 5.52. The molecule has 2 aromatic rings. The van der Waals surface area contributed by atoms with Crippen molar-refractivity contribution in [3.63, 3.8) is 0 Å². The topological polar surface area (TPSA) is 80.5 Å². The Balaban J connectivity index is 1.56. The summed E-state index contributed by atoms with van der Waals surface area (Å²) >= 11 is 0. The molecule has 1 aromatic carbocycles. The lowest BCUT2D eigenvalue weighted by molar-refractivity contribution is -0.157. The second-order valence-corrected chi connectivity index (χ2v) is 6.24. The Morgan fingerprint density at radius 3 is 2.70 bits per heavy atom. The first-order valence-electron chi connectivity index (χ1n) is 8.43. The number of alkyl halides is 3. The van der Waals surface area contributed by atoms with E-state index in [-0.39, 0.29) is 18.5 Å².